The lowest BCUT2D eigenvalue weighted by molar-refractivity contribution is -0.134. The number of carbonyl (C=O) groups excluding carboxylic acids is 1. The second-order valence-corrected chi connectivity index (χ2v) is 7.79. The molecule has 1 aliphatic carbocycles. The van der Waals surface area contributed by atoms with E-state index in [1.54, 1.807) is 11.9 Å². The zero-order valence-corrected chi connectivity index (χ0v) is 14.6. The van der Waals surface area contributed by atoms with Crippen LogP contribution in [0.5, 0.6) is 0 Å². The van der Waals surface area contributed by atoms with Crippen molar-refractivity contribution in [3.05, 3.63) is 0 Å². The second-order valence-electron chi connectivity index (χ2n) is 5.52. The molecule has 21 heavy (non-hydrogen) atoms. The van der Waals surface area contributed by atoms with E-state index in [4.69, 9.17) is 10.5 Å². The molecule has 0 aromatic rings. The number of carbonyl (C=O) groups is 1. The zero-order chi connectivity index (χ0) is 15.3. The fourth-order valence-corrected chi connectivity index (χ4v) is 4.29. The Labute approximate surface area is 133 Å². The molecule has 3 atom stereocenters. The fraction of sp³-hybridized carbons (Fsp3) is 0.923. The van der Waals surface area contributed by atoms with Crippen molar-refractivity contribution in [2.24, 2.45) is 5.73 Å². The van der Waals surface area contributed by atoms with E-state index in [-0.39, 0.29) is 43.4 Å². The van der Waals surface area contributed by atoms with Gasteiger partial charge in [-0.25, -0.2) is 8.42 Å². The first kappa shape index (κ1) is 20.6. The van der Waals surface area contributed by atoms with Crippen molar-refractivity contribution in [3.8, 4) is 0 Å². The number of nitrogens with two attached hydrogens (primary N) is 1. The summed E-state index contributed by atoms with van der Waals surface area (Å²) in [4.78, 5) is 13.8. The molecule has 2 N–H and O–H groups in total. The molecule has 0 radical (unpaired) electrons. The van der Waals surface area contributed by atoms with Crippen LogP contribution in [0, 0.1) is 0 Å². The Morgan fingerprint density at radius 3 is 2.43 bits per heavy atom. The number of hydrogen-bond acceptors (Lipinski definition) is 5. The van der Waals surface area contributed by atoms with Gasteiger partial charge in [-0.3, -0.25) is 4.79 Å². The van der Waals surface area contributed by atoms with E-state index in [0.29, 0.717) is 6.42 Å². The molecule has 1 fully saturated rings. The lowest BCUT2D eigenvalue weighted by atomic mass is 9.93. The Bertz CT molecular complexity index is 426. The highest BCUT2D eigenvalue weighted by molar-refractivity contribution is 7.91. The summed E-state index contributed by atoms with van der Waals surface area (Å²) in [6.07, 6.45) is 4.36. The highest BCUT2D eigenvalue weighted by Gasteiger charge is 2.37. The van der Waals surface area contributed by atoms with Crippen molar-refractivity contribution in [2.75, 3.05) is 27.0 Å². The molecule has 1 aliphatic rings. The Morgan fingerprint density at radius 2 is 1.95 bits per heavy atom. The van der Waals surface area contributed by atoms with E-state index in [1.165, 1.54) is 13.4 Å². The van der Waals surface area contributed by atoms with Crippen molar-refractivity contribution < 1.29 is 17.9 Å². The minimum absolute atomic E-state index is 0. The van der Waals surface area contributed by atoms with Crippen molar-refractivity contribution >= 4 is 28.2 Å². The van der Waals surface area contributed by atoms with E-state index in [2.05, 4.69) is 0 Å². The third-order valence-electron chi connectivity index (χ3n) is 4.11. The average Bonchev–Trinajstić information content (AvgIpc) is 2.42. The van der Waals surface area contributed by atoms with Gasteiger partial charge in [0, 0.05) is 33.0 Å². The van der Waals surface area contributed by atoms with E-state index >= 15 is 0 Å². The van der Waals surface area contributed by atoms with Crippen LogP contribution in [0.2, 0.25) is 0 Å². The fourth-order valence-electron chi connectivity index (χ4n) is 2.81. The van der Waals surface area contributed by atoms with Crippen LogP contribution in [0.4, 0.5) is 0 Å². The molecular formula is C13H27ClN2O4S. The molecule has 1 amide bonds. The van der Waals surface area contributed by atoms with Gasteiger partial charge >= 0.3 is 0 Å². The molecule has 1 saturated carbocycles. The molecule has 0 heterocycles. The largest absolute Gasteiger partial charge is 0.380 e. The van der Waals surface area contributed by atoms with Gasteiger partial charge in [0.15, 0.2) is 9.84 Å². The molecule has 0 saturated heterocycles. The minimum Gasteiger partial charge on any atom is -0.380 e. The highest BCUT2D eigenvalue weighted by atomic mass is 35.5. The summed E-state index contributed by atoms with van der Waals surface area (Å²) < 4.78 is 28.9. The first-order valence-electron chi connectivity index (χ1n) is 6.98. The lowest BCUT2D eigenvalue weighted by Crippen LogP contribution is -2.50. The molecule has 6 nitrogen and oxygen atoms in total. The lowest BCUT2D eigenvalue weighted by Gasteiger charge is -2.37. The molecule has 0 aromatic carbocycles. The first-order valence-corrected chi connectivity index (χ1v) is 8.94. The van der Waals surface area contributed by atoms with Crippen LogP contribution < -0.4 is 5.73 Å². The number of nitrogens with zero attached hydrogens (tertiary/aromatic N) is 1. The number of methoxy groups -OCH3 is 1. The van der Waals surface area contributed by atoms with Crippen LogP contribution in [0.1, 0.15) is 32.1 Å². The maximum Gasteiger partial charge on any atom is 0.225 e. The van der Waals surface area contributed by atoms with Crippen LogP contribution in [0.3, 0.4) is 0 Å². The maximum atomic E-state index is 12.2. The molecule has 0 bridgehead atoms. The molecule has 0 aliphatic heterocycles. The van der Waals surface area contributed by atoms with Crippen molar-refractivity contribution in [2.45, 2.75) is 49.5 Å². The molecule has 0 spiro atoms. The maximum absolute atomic E-state index is 12.2. The summed E-state index contributed by atoms with van der Waals surface area (Å²) in [7, 11) is 0.0559. The van der Waals surface area contributed by atoms with Gasteiger partial charge in [0.2, 0.25) is 5.91 Å². The van der Waals surface area contributed by atoms with Gasteiger partial charge in [-0.1, -0.05) is 12.8 Å². The Hall–Kier alpha value is -0.370. The SMILES string of the molecule is COC(CN)CC(=O)N(C)C1CCCCC1S(C)(=O)=O.Cl. The van der Waals surface area contributed by atoms with Crippen LogP contribution in [0.25, 0.3) is 0 Å². The number of halogens is 1. The number of rotatable bonds is 6. The van der Waals surface area contributed by atoms with E-state index in [1.807, 2.05) is 0 Å². The third-order valence-corrected chi connectivity index (χ3v) is 5.76. The van der Waals surface area contributed by atoms with Gasteiger partial charge in [0.25, 0.3) is 0 Å². The molecule has 3 unspecified atom stereocenters. The summed E-state index contributed by atoms with van der Waals surface area (Å²) >= 11 is 0. The van der Waals surface area contributed by atoms with E-state index < -0.39 is 15.1 Å². The van der Waals surface area contributed by atoms with Crippen molar-refractivity contribution in [3.63, 3.8) is 0 Å². The van der Waals surface area contributed by atoms with E-state index in [0.717, 1.165) is 19.3 Å². The molecule has 8 heteroatoms. The smallest absolute Gasteiger partial charge is 0.225 e. The topological polar surface area (TPSA) is 89.7 Å². The number of sulfone groups is 1. The predicted molar refractivity (Wildman–Crippen MR) is 85.4 cm³/mol. The molecule has 126 valence electrons. The average molecular weight is 343 g/mol. The summed E-state index contributed by atoms with van der Waals surface area (Å²) in [6.45, 7) is 0.274. The van der Waals surface area contributed by atoms with Gasteiger partial charge in [0.1, 0.15) is 0 Å². The van der Waals surface area contributed by atoms with Crippen LogP contribution in [-0.2, 0) is 19.4 Å². The Kier molecular flexibility index (Phi) is 8.77. The monoisotopic (exact) mass is 342 g/mol. The van der Waals surface area contributed by atoms with Crippen LogP contribution in [0.15, 0.2) is 0 Å². The Balaban J connectivity index is 0.00000400. The van der Waals surface area contributed by atoms with Crippen LogP contribution in [-0.4, -0.2) is 63.6 Å². The van der Waals surface area contributed by atoms with Gasteiger partial charge < -0.3 is 15.4 Å². The number of ether oxygens (including phenoxy) is 1. The minimum atomic E-state index is -3.14. The summed E-state index contributed by atoms with van der Waals surface area (Å²) in [5.41, 5.74) is 5.52. The zero-order valence-electron chi connectivity index (χ0n) is 12.9. The van der Waals surface area contributed by atoms with Gasteiger partial charge in [-0.15, -0.1) is 12.4 Å². The molecule has 1 rings (SSSR count). The van der Waals surface area contributed by atoms with Gasteiger partial charge in [-0.2, -0.15) is 0 Å². The summed E-state index contributed by atoms with van der Waals surface area (Å²) in [5, 5.41) is -0.455. The number of hydrogen-bond donors (Lipinski definition) is 1. The molecular weight excluding hydrogens is 316 g/mol. The Morgan fingerprint density at radius 1 is 1.38 bits per heavy atom. The summed E-state index contributed by atoms with van der Waals surface area (Å²) in [5.74, 6) is -0.108. The predicted octanol–water partition coefficient (Wildman–Crippen LogP) is 0.586. The third kappa shape index (κ3) is 5.73. The standard InChI is InChI=1S/C13H26N2O4S.ClH/c1-15(13(16)8-10(9-14)19-2)11-6-4-5-7-12(11)20(3,17)18;/h10-12H,4-9,14H2,1-3H3;1H. The van der Waals surface area contributed by atoms with Crippen LogP contribution >= 0.6 is 12.4 Å². The van der Waals surface area contributed by atoms with Crippen molar-refractivity contribution in [1.29, 1.82) is 0 Å². The highest BCUT2D eigenvalue weighted by Crippen LogP contribution is 2.27. The molecule has 0 aromatic heterocycles. The normalized spacial score (nSPS) is 24.0. The summed E-state index contributed by atoms with van der Waals surface area (Å²) in [6, 6.07) is -0.235. The first-order chi connectivity index (χ1) is 9.31. The second kappa shape index (κ2) is 8.92. The number of amides is 1. The van der Waals surface area contributed by atoms with Crippen molar-refractivity contribution in [1.82, 2.24) is 4.90 Å². The van der Waals surface area contributed by atoms with Gasteiger partial charge in [-0.05, 0) is 12.8 Å². The van der Waals surface area contributed by atoms with E-state index in [9.17, 15) is 13.2 Å². The van der Waals surface area contributed by atoms with Gasteiger partial charge in [0.05, 0.1) is 17.8 Å². The quantitative estimate of drug-likeness (QED) is 0.762.